The van der Waals surface area contributed by atoms with Crippen molar-refractivity contribution in [1.82, 2.24) is 0 Å². The molecular formula is C13H18O4. The molecule has 0 fully saturated rings. The van der Waals surface area contributed by atoms with E-state index in [1.54, 1.807) is 6.92 Å². The molecule has 0 saturated carbocycles. The van der Waals surface area contributed by atoms with Gasteiger partial charge in [0.15, 0.2) is 6.10 Å². The van der Waals surface area contributed by atoms with Gasteiger partial charge in [-0.25, -0.2) is 4.79 Å². The van der Waals surface area contributed by atoms with Gasteiger partial charge in [-0.1, -0.05) is 30.3 Å². The van der Waals surface area contributed by atoms with Crippen molar-refractivity contribution < 1.29 is 19.4 Å². The number of carboxylic acid groups (broad SMARTS) is 1. The van der Waals surface area contributed by atoms with Crippen LogP contribution in [0.15, 0.2) is 30.3 Å². The molecule has 0 heterocycles. The highest BCUT2D eigenvalue weighted by Crippen LogP contribution is 2.00. The monoisotopic (exact) mass is 238 g/mol. The van der Waals surface area contributed by atoms with Crippen LogP contribution in [0.3, 0.4) is 0 Å². The Morgan fingerprint density at radius 1 is 1.35 bits per heavy atom. The lowest BCUT2D eigenvalue weighted by Crippen LogP contribution is -2.29. The summed E-state index contributed by atoms with van der Waals surface area (Å²) in [6, 6.07) is 9.92. The predicted molar refractivity (Wildman–Crippen MR) is 64.0 cm³/mol. The molecule has 0 aliphatic rings. The number of hydrogen-bond donors (Lipinski definition) is 1. The largest absolute Gasteiger partial charge is 0.479 e. The van der Waals surface area contributed by atoms with Gasteiger partial charge in [0.05, 0.1) is 13.2 Å². The standard InChI is InChI=1S/C13H18O4/c1-2-17-12(13(14)15)10-16-9-8-11-6-4-3-5-7-11/h3-7,12H,2,8-10H2,1H3,(H,14,15). The van der Waals surface area contributed by atoms with Gasteiger partial charge in [-0.3, -0.25) is 0 Å². The first-order valence-corrected chi connectivity index (χ1v) is 5.70. The molecular weight excluding hydrogens is 220 g/mol. The van der Waals surface area contributed by atoms with Crippen LogP contribution < -0.4 is 0 Å². The molecule has 17 heavy (non-hydrogen) atoms. The van der Waals surface area contributed by atoms with Crippen LogP contribution in [-0.2, 0) is 20.7 Å². The normalized spacial score (nSPS) is 12.3. The minimum Gasteiger partial charge on any atom is -0.479 e. The highest BCUT2D eigenvalue weighted by molar-refractivity contribution is 5.72. The molecule has 0 saturated heterocycles. The zero-order valence-corrected chi connectivity index (χ0v) is 9.96. The summed E-state index contributed by atoms with van der Waals surface area (Å²) < 4.78 is 10.3. The van der Waals surface area contributed by atoms with E-state index in [1.807, 2.05) is 30.3 Å². The molecule has 4 nitrogen and oxygen atoms in total. The van der Waals surface area contributed by atoms with Crippen molar-refractivity contribution in [3.63, 3.8) is 0 Å². The Morgan fingerprint density at radius 3 is 2.65 bits per heavy atom. The minimum atomic E-state index is -0.980. The smallest absolute Gasteiger partial charge is 0.335 e. The molecule has 1 unspecified atom stereocenters. The molecule has 1 rings (SSSR count). The summed E-state index contributed by atoms with van der Waals surface area (Å²) in [6.07, 6.45) is -0.0879. The number of rotatable bonds is 8. The predicted octanol–water partition coefficient (Wildman–Crippen LogP) is 1.74. The average Bonchev–Trinajstić information content (AvgIpc) is 2.34. The van der Waals surface area contributed by atoms with Crippen molar-refractivity contribution in [2.45, 2.75) is 19.4 Å². The van der Waals surface area contributed by atoms with Crippen LogP contribution in [0.5, 0.6) is 0 Å². The number of carbonyl (C=O) groups is 1. The van der Waals surface area contributed by atoms with Crippen molar-refractivity contribution >= 4 is 5.97 Å². The highest BCUT2D eigenvalue weighted by Gasteiger charge is 2.16. The van der Waals surface area contributed by atoms with E-state index in [2.05, 4.69) is 0 Å². The topological polar surface area (TPSA) is 55.8 Å². The van der Waals surface area contributed by atoms with Crippen LogP contribution in [-0.4, -0.2) is 37.0 Å². The third kappa shape index (κ3) is 5.47. The lowest BCUT2D eigenvalue weighted by molar-refractivity contribution is -0.154. The lowest BCUT2D eigenvalue weighted by Gasteiger charge is -2.12. The first-order valence-electron chi connectivity index (χ1n) is 5.70. The Balaban J connectivity index is 2.20. The fourth-order valence-corrected chi connectivity index (χ4v) is 1.42. The second-order valence-electron chi connectivity index (χ2n) is 3.59. The number of aliphatic carboxylic acids is 1. The molecule has 1 aromatic carbocycles. The molecule has 1 aromatic rings. The van der Waals surface area contributed by atoms with Gasteiger partial charge < -0.3 is 14.6 Å². The number of benzene rings is 1. The zero-order chi connectivity index (χ0) is 12.5. The molecule has 0 amide bonds. The summed E-state index contributed by atoms with van der Waals surface area (Å²) >= 11 is 0. The first kappa shape index (κ1) is 13.7. The molecule has 94 valence electrons. The zero-order valence-electron chi connectivity index (χ0n) is 9.96. The third-order valence-corrected chi connectivity index (χ3v) is 2.29. The van der Waals surface area contributed by atoms with Crippen molar-refractivity contribution in [3.05, 3.63) is 35.9 Å². The number of ether oxygens (including phenoxy) is 2. The van der Waals surface area contributed by atoms with Crippen molar-refractivity contribution in [2.24, 2.45) is 0 Å². The van der Waals surface area contributed by atoms with Gasteiger partial charge in [-0.2, -0.15) is 0 Å². The summed E-state index contributed by atoms with van der Waals surface area (Å²) in [6.45, 7) is 2.73. The fraction of sp³-hybridized carbons (Fsp3) is 0.462. The summed E-state index contributed by atoms with van der Waals surface area (Å²) in [5.74, 6) is -0.980. The lowest BCUT2D eigenvalue weighted by atomic mass is 10.2. The van der Waals surface area contributed by atoms with E-state index in [4.69, 9.17) is 14.6 Å². The molecule has 0 aliphatic heterocycles. The third-order valence-electron chi connectivity index (χ3n) is 2.29. The van der Waals surface area contributed by atoms with Crippen LogP contribution >= 0.6 is 0 Å². The van der Waals surface area contributed by atoms with E-state index in [-0.39, 0.29) is 6.61 Å². The van der Waals surface area contributed by atoms with Gasteiger partial charge in [0.1, 0.15) is 0 Å². The van der Waals surface area contributed by atoms with E-state index < -0.39 is 12.1 Å². The Labute approximate surface area is 101 Å². The van der Waals surface area contributed by atoms with E-state index in [0.717, 1.165) is 6.42 Å². The van der Waals surface area contributed by atoms with Gasteiger partial charge in [-0.15, -0.1) is 0 Å². The Bertz CT molecular complexity index is 323. The molecule has 0 aromatic heterocycles. The van der Waals surface area contributed by atoms with Crippen LogP contribution in [0.4, 0.5) is 0 Å². The van der Waals surface area contributed by atoms with Gasteiger partial charge in [0.25, 0.3) is 0 Å². The van der Waals surface area contributed by atoms with Gasteiger partial charge in [0, 0.05) is 6.61 Å². The number of hydrogen-bond acceptors (Lipinski definition) is 3. The molecule has 1 atom stereocenters. The second-order valence-corrected chi connectivity index (χ2v) is 3.59. The van der Waals surface area contributed by atoms with Crippen LogP contribution in [0.1, 0.15) is 12.5 Å². The summed E-state index contributed by atoms with van der Waals surface area (Å²) in [5.41, 5.74) is 1.18. The maximum Gasteiger partial charge on any atom is 0.335 e. The summed E-state index contributed by atoms with van der Waals surface area (Å²) in [7, 11) is 0. The first-order chi connectivity index (χ1) is 8.24. The van der Waals surface area contributed by atoms with Crippen molar-refractivity contribution in [2.75, 3.05) is 19.8 Å². The van der Waals surface area contributed by atoms with Crippen LogP contribution in [0.2, 0.25) is 0 Å². The maximum atomic E-state index is 10.7. The Hall–Kier alpha value is -1.39. The van der Waals surface area contributed by atoms with Gasteiger partial charge in [-0.05, 0) is 18.9 Å². The quantitative estimate of drug-likeness (QED) is 0.701. The Morgan fingerprint density at radius 2 is 2.06 bits per heavy atom. The van der Waals surface area contributed by atoms with E-state index in [0.29, 0.717) is 13.2 Å². The minimum absolute atomic E-state index is 0.0933. The van der Waals surface area contributed by atoms with Crippen molar-refractivity contribution in [1.29, 1.82) is 0 Å². The fourth-order valence-electron chi connectivity index (χ4n) is 1.42. The average molecular weight is 238 g/mol. The summed E-state index contributed by atoms with van der Waals surface area (Å²) in [4.78, 5) is 10.7. The highest BCUT2D eigenvalue weighted by atomic mass is 16.5. The molecule has 0 radical (unpaired) electrons. The van der Waals surface area contributed by atoms with Gasteiger partial charge in [0.2, 0.25) is 0 Å². The second kappa shape index (κ2) is 7.81. The van der Waals surface area contributed by atoms with E-state index >= 15 is 0 Å². The number of carboxylic acids is 1. The Kier molecular flexibility index (Phi) is 6.29. The van der Waals surface area contributed by atoms with E-state index in [1.165, 1.54) is 5.56 Å². The van der Waals surface area contributed by atoms with Gasteiger partial charge >= 0.3 is 5.97 Å². The van der Waals surface area contributed by atoms with E-state index in [9.17, 15) is 4.79 Å². The summed E-state index contributed by atoms with van der Waals surface area (Å²) in [5, 5.41) is 8.82. The van der Waals surface area contributed by atoms with Crippen LogP contribution in [0, 0.1) is 0 Å². The maximum absolute atomic E-state index is 10.7. The molecule has 4 heteroatoms. The molecule has 0 aliphatic carbocycles. The van der Waals surface area contributed by atoms with Crippen molar-refractivity contribution in [3.8, 4) is 0 Å². The molecule has 0 bridgehead atoms. The SMILES string of the molecule is CCOC(COCCc1ccccc1)C(=O)O. The molecule has 0 spiro atoms. The van der Waals surface area contributed by atoms with Crippen LogP contribution in [0.25, 0.3) is 0 Å². The molecule has 1 N–H and O–H groups in total.